The summed E-state index contributed by atoms with van der Waals surface area (Å²) in [7, 11) is 0. The van der Waals surface area contributed by atoms with Crippen molar-refractivity contribution in [2.75, 3.05) is 17.2 Å². The number of benzene rings is 1. The molecule has 0 radical (unpaired) electrons. The summed E-state index contributed by atoms with van der Waals surface area (Å²) in [5.74, 6) is 0.823. The molecule has 0 aliphatic rings. The van der Waals surface area contributed by atoms with Crippen LogP contribution in [0.4, 0.5) is 17.2 Å². The zero-order chi connectivity index (χ0) is 12.3. The van der Waals surface area contributed by atoms with E-state index in [4.69, 9.17) is 5.73 Å². The first-order valence-electron chi connectivity index (χ1n) is 5.77. The van der Waals surface area contributed by atoms with E-state index in [9.17, 15) is 0 Å². The van der Waals surface area contributed by atoms with Crippen LogP contribution in [0, 0.1) is 6.92 Å². The maximum atomic E-state index is 6.03. The predicted octanol–water partition coefficient (Wildman–Crippen LogP) is 3.13. The number of nitrogen functional groups attached to an aromatic ring is 1. The Labute approximate surface area is 102 Å². The Hall–Kier alpha value is -2.03. The van der Waals surface area contributed by atoms with Crippen LogP contribution in [0.15, 0.2) is 42.6 Å². The second-order valence-corrected chi connectivity index (χ2v) is 4.01. The van der Waals surface area contributed by atoms with Crippen molar-refractivity contribution in [2.24, 2.45) is 0 Å². The highest BCUT2D eigenvalue weighted by molar-refractivity contribution is 5.71. The molecule has 2 aromatic rings. The summed E-state index contributed by atoms with van der Waals surface area (Å²) in [4.78, 5) is 6.53. The maximum Gasteiger partial charge on any atom is 0.156 e. The van der Waals surface area contributed by atoms with Gasteiger partial charge in [-0.3, -0.25) is 0 Å². The highest BCUT2D eigenvalue weighted by atomic mass is 15.2. The minimum atomic E-state index is 0.718. The molecule has 1 heterocycles. The van der Waals surface area contributed by atoms with Crippen LogP contribution in [0.1, 0.15) is 12.5 Å². The third kappa shape index (κ3) is 2.38. The van der Waals surface area contributed by atoms with E-state index in [1.54, 1.807) is 0 Å². The van der Waals surface area contributed by atoms with Gasteiger partial charge in [0.2, 0.25) is 0 Å². The second-order valence-electron chi connectivity index (χ2n) is 4.01. The molecular weight excluding hydrogens is 210 g/mol. The number of pyridine rings is 1. The third-order valence-corrected chi connectivity index (χ3v) is 2.67. The Morgan fingerprint density at radius 2 is 1.94 bits per heavy atom. The normalized spacial score (nSPS) is 10.2. The van der Waals surface area contributed by atoms with Crippen molar-refractivity contribution in [3.8, 4) is 0 Å². The molecule has 1 aromatic carbocycles. The van der Waals surface area contributed by atoms with Gasteiger partial charge in [0.1, 0.15) is 0 Å². The van der Waals surface area contributed by atoms with Gasteiger partial charge in [-0.15, -0.1) is 0 Å². The first-order chi connectivity index (χ1) is 8.22. The van der Waals surface area contributed by atoms with Crippen LogP contribution in [0.3, 0.4) is 0 Å². The first kappa shape index (κ1) is 11.5. The van der Waals surface area contributed by atoms with E-state index >= 15 is 0 Å². The summed E-state index contributed by atoms with van der Waals surface area (Å²) in [6.07, 6.45) is 1.84. The Kier molecular flexibility index (Phi) is 3.28. The third-order valence-electron chi connectivity index (χ3n) is 2.67. The fourth-order valence-corrected chi connectivity index (χ4v) is 1.87. The van der Waals surface area contributed by atoms with Gasteiger partial charge in [0.25, 0.3) is 0 Å². The molecule has 0 aliphatic heterocycles. The molecule has 0 atom stereocenters. The molecule has 2 rings (SSSR count). The van der Waals surface area contributed by atoms with Gasteiger partial charge in [0.05, 0.1) is 5.69 Å². The molecule has 17 heavy (non-hydrogen) atoms. The van der Waals surface area contributed by atoms with Gasteiger partial charge in [0.15, 0.2) is 5.82 Å². The van der Waals surface area contributed by atoms with E-state index < -0.39 is 0 Å². The number of aromatic nitrogens is 1. The SMILES string of the molecule is CCN(c1ccccc1)c1ncc(C)cc1N. The molecule has 3 heteroatoms. The molecule has 1 aromatic heterocycles. The zero-order valence-electron chi connectivity index (χ0n) is 10.2. The van der Waals surface area contributed by atoms with Gasteiger partial charge < -0.3 is 10.6 Å². The summed E-state index contributed by atoms with van der Waals surface area (Å²) in [6.45, 7) is 4.92. The lowest BCUT2D eigenvalue weighted by molar-refractivity contribution is 0.989. The minimum absolute atomic E-state index is 0.718. The standard InChI is InChI=1S/C14H17N3/c1-3-17(12-7-5-4-6-8-12)14-13(15)9-11(2)10-16-14/h4-10H,3,15H2,1-2H3. The Bertz CT molecular complexity index is 494. The predicted molar refractivity (Wildman–Crippen MR) is 72.5 cm³/mol. The molecule has 3 nitrogen and oxygen atoms in total. The number of anilines is 3. The Morgan fingerprint density at radius 3 is 2.53 bits per heavy atom. The van der Waals surface area contributed by atoms with Gasteiger partial charge in [0, 0.05) is 18.4 Å². The van der Waals surface area contributed by atoms with E-state index in [1.165, 1.54) is 0 Å². The van der Waals surface area contributed by atoms with Crippen molar-refractivity contribution >= 4 is 17.2 Å². The van der Waals surface area contributed by atoms with Crippen molar-refractivity contribution in [3.63, 3.8) is 0 Å². The largest absolute Gasteiger partial charge is 0.396 e. The number of aryl methyl sites for hydroxylation is 1. The molecule has 88 valence electrons. The minimum Gasteiger partial charge on any atom is -0.396 e. The molecular formula is C14H17N3. The van der Waals surface area contributed by atoms with Gasteiger partial charge in [-0.05, 0) is 37.6 Å². The van der Waals surface area contributed by atoms with E-state index in [0.717, 1.165) is 29.3 Å². The van der Waals surface area contributed by atoms with Crippen LogP contribution in [0.2, 0.25) is 0 Å². The Morgan fingerprint density at radius 1 is 1.24 bits per heavy atom. The lowest BCUT2D eigenvalue weighted by atomic mass is 10.2. The molecule has 0 bridgehead atoms. The monoisotopic (exact) mass is 227 g/mol. The molecule has 0 unspecified atom stereocenters. The number of nitrogens with zero attached hydrogens (tertiary/aromatic N) is 2. The van der Waals surface area contributed by atoms with Crippen LogP contribution >= 0.6 is 0 Å². The summed E-state index contributed by atoms with van der Waals surface area (Å²) >= 11 is 0. The molecule has 0 fully saturated rings. The summed E-state index contributed by atoms with van der Waals surface area (Å²) in [5.41, 5.74) is 8.94. The van der Waals surface area contributed by atoms with Crippen molar-refractivity contribution in [3.05, 3.63) is 48.2 Å². The van der Waals surface area contributed by atoms with Crippen molar-refractivity contribution in [2.45, 2.75) is 13.8 Å². The fourth-order valence-electron chi connectivity index (χ4n) is 1.87. The quantitative estimate of drug-likeness (QED) is 0.876. The summed E-state index contributed by atoms with van der Waals surface area (Å²) < 4.78 is 0. The summed E-state index contributed by atoms with van der Waals surface area (Å²) in [6, 6.07) is 12.1. The first-order valence-corrected chi connectivity index (χ1v) is 5.77. The van der Waals surface area contributed by atoms with Crippen molar-refractivity contribution < 1.29 is 0 Å². The van der Waals surface area contributed by atoms with Gasteiger partial charge in [-0.25, -0.2) is 4.98 Å². The number of nitrogens with two attached hydrogens (primary N) is 1. The van der Waals surface area contributed by atoms with Gasteiger partial charge >= 0.3 is 0 Å². The van der Waals surface area contributed by atoms with E-state index in [2.05, 4.69) is 28.9 Å². The lowest BCUT2D eigenvalue weighted by Gasteiger charge is -2.23. The molecule has 2 N–H and O–H groups in total. The lowest BCUT2D eigenvalue weighted by Crippen LogP contribution is -2.18. The van der Waals surface area contributed by atoms with Crippen molar-refractivity contribution in [1.82, 2.24) is 4.98 Å². The zero-order valence-corrected chi connectivity index (χ0v) is 10.2. The molecule has 0 aliphatic carbocycles. The Balaban J connectivity index is 2.42. The number of rotatable bonds is 3. The molecule has 0 saturated carbocycles. The molecule has 0 saturated heterocycles. The fraction of sp³-hybridized carbons (Fsp3) is 0.214. The highest BCUT2D eigenvalue weighted by Crippen LogP contribution is 2.28. The van der Waals surface area contributed by atoms with Crippen LogP contribution in [0.25, 0.3) is 0 Å². The number of para-hydroxylation sites is 1. The van der Waals surface area contributed by atoms with E-state index in [-0.39, 0.29) is 0 Å². The molecule has 0 amide bonds. The number of hydrogen-bond donors (Lipinski definition) is 1. The smallest absolute Gasteiger partial charge is 0.156 e. The number of hydrogen-bond acceptors (Lipinski definition) is 3. The average molecular weight is 227 g/mol. The van der Waals surface area contributed by atoms with Crippen LogP contribution in [-0.2, 0) is 0 Å². The van der Waals surface area contributed by atoms with Gasteiger partial charge in [-0.2, -0.15) is 0 Å². The van der Waals surface area contributed by atoms with Crippen molar-refractivity contribution in [1.29, 1.82) is 0 Å². The van der Waals surface area contributed by atoms with E-state index in [0.29, 0.717) is 0 Å². The van der Waals surface area contributed by atoms with E-state index in [1.807, 2.05) is 37.4 Å². The summed E-state index contributed by atoms with van der Waals surface area (Å²) in [5, 5.41) is 0. The second kappa shape index (κ2) is 4.87. The van der Waals surface area contributed by atoms with Crippen LogP contribution < -0.4 is 10.6 Å². The van der Waals surface area contributed by atoms with Crippen LogP contribution in [0.5, 0.6) is 0 Å². The topological polar surface area (TPSA) is 42.2 Å². The van der Waals surface area contributed by atoms with Gasteiger partial charge in [-0.1, -0.05) is 18.2 Å². The average Bonchev–Trinajstić information content (AvgIpc) is 2.34. The van der Waals surface area contributed by atoms with Crippen LogP contribution in [-0.4, -0.2) is 11.5 Å². The highest BCUT2D eigenvalue weighted by Gasteiger charge is 2.11. The molecule has 0 spiro atoms. The maximum absolute atomic E-state index is 6.03.